The Bertz CT molecular complexity index is 635. The van der Waals surface area contributed by atoms with E-state index in [2.05, 4.69) is 0 Å². The molecule has 2 rings (SSSR count). The van der Waals surface area contributed by atoms with E-state index in [0.717, 1.165) is 0 Å². The van der Waals surface area contributed by atoms with Gasteiger partial charge in [-0.25, -0.2) is 9.18 Å². The number of hydrogen-bond acceptors (Lipinski definition) is 2. The molecule has 0 amide bonds. The number of methoxy groups -OCH3 is 1. The molecule has 98 valence electrons. The van der Waals surface area contributed by atoms with Gasteiger partial charge in [-0.3, -0.25) is 0 Å². The molecule has 4 heteroatoms. The zero-order valence-corrected chi connectivity index (χ0v) is 10.6. The Labute approximate surface area is 110 Å². The maximum atomic E-state index is 14.0. The summed E-state index contributed by atoms with van der Waals surface area (Å²) in [6.45, 7) is 1.69. The molecule has 0 saturated carbocycles. The highest BCUT2D eigenvalue weighted by Crippen LogP contribution is 2.30. The van der Waals surface area contributed by atoms with E-state index in [0.29, 0.717) is 16.9 Å². The van der Waals surface area contributed by atoms with Crippen LogP contribution in [0.15, 0.2) is 36.4 Å². The van der Waals surface area contributed by atoms with Gasteiger partial charge in [0.25, 0.3) is 0 Å². The van der Waals surface area contributed by atoms with Gasteiger partial charge in [0.05, 0.1) is 12.7 Å². The highest BCUT2D eigenvalue weighted by Gasteiger charge is 2.17. The average molecular weight is 260 g/mol. The van der Waals surface area contributed by atoms with Gasteiger partial charge in [-0.2, -0.15) is 0 Å². The van der Waals surface area contributed by atoms with Crippen molar-refractivity contribution < 1.29 is 19.0 Å². The van der Waals surface area contributed by atoms with Crippen LogP contribution in [0.5, 0.6) is 5.75 Å². The van der Waals surface area contributed by atoms with Crippen molar-refractivity contribution in [1.82, 2.24) is 0 Å². The van der Waals surface area contributed by atoms with Crippen molar-refractivity contribution in [1.29, 1.82) is 0 Å². The van der Waals surface area contributed by atoms with Crippen molar-refractivity contribution in [3.05, 3.63) is 53.3 Å². The summed E-state index contributed by atoms with van der Waals surface area (Å²) in [4.78, 5) is 11.3. The fourth-order valence-corrected chi connectivity index (χ4v) is 2.02. The van der Waals surface area contributed by atoms with Gasteiger partial charge in [0.1, 0.15) is 11.6 Å². The summed E-state index contributed by atoms with van der Waals surface area (Å²) in [7, 11) is 1.45. The number of halogens is 1. The molecule has 0 aliphatic carbocycles. The highest BCUT2D eigenvalue weighted by atomic mass is 19.1. The molecule has 0 radical (unpaired) electrons. The molecule has 19 heavy (non-hydrogen) atoms. The van der Waals surface area contributed by atoms with Crippen LogP contribution in [0.3, 0.4) is 0 Å². The number of carboxylic acid groups (broad SMARTS) is 1. The van der Waals surface area contributed by atoms with Gasteiger partial charge in [0, 0.05) is 11.6 Å². The van der Waals surface area contributed by atoms with E-state index in [-0.39, 0.29) is 11.1 Å². The van der Waals surface area contributed by atoms with Crippen molar-refractivity contribution >= 4 is 5.97 Å². The predicted octanol–water partition coefficient (Wildman–Crippen LogP) is 3.51. The largest absolute Gasteiger partial charge is 0.497 e. The molecule has 0 spiro atoms. The van der Waals surface area contributed by atoms with Crippen LogP contribution < -0.4 is 4.74 Å². The third kappa shape index (κ3) is 2.42. The number of aromatic carboxylic acids is 1. The molecular weight excluding hydrogens is 247 g/mol. The fourth-order valence-electron chi connectivity index (χ4n) is 2.02. The molecule has 2 aromatic carbocycles. The summed E-state index contributed by atoms with van der Waals surface area (Å²) in [5.41, 5.74) is 1.33. The maximum Gasteiger partial charge on any atom is 0.336 e. The van der Waals surface area contributed by atoms with Crippen molar-refractivity contribution in [2.45, 2.75) is 6.92 Å². The third-order valence-corrected chi connectivity index (χ3v) is 2.95. The van der Waals surface area contributed by atoms with E-state index in [9.17, 15) is 14.3 Å². The minimum Gasteiger partial charge on any atom is -0.497 e. The molecule has 0 aliphatic heterocycles. The van der Waals surface area contributed by atoms with Gasteiger partial charge in [-0.15, -0.1) is 0 Å². The SMILES string of the molecule is COc1ccc(-c2cccc(C)c2C(=O)O)c(F)c1. The summed E-state index contributed by atoms with van der Waals surface area (Å²) in [6.07, 6.45) is 0. The van der Waals surface area contributed by atoms with Crippen molar-refractivity contribution in [2.24, 2.45) is 0 Å². The Morgan fingerprint density at radius 2 is 1.95 bits per heavy atom. The van der Waals surface area contributed by atoms with Gasteiger partial charge >= 0.3 is 5.97 Å². The van der Waals surface area contributed by atoms with E-state index in [1.54, 1.807) is 31.2 Å². The first-order valence-corrected chi connectivity index (χ1v) is 5.71. The standard InChI is InChI=1S/C15H13FO3/c1-9-4-3-5-12(14(9)15(17)18)11-7-6-10(19-2)8-13(11)16/h3-8H,1-2H3,(H,17,18). The minimum absolute atomic E-state index is 0.117. The number of rotatable bonds is 3. The lowest BCUT2D eigenvalue weighted by Gasteiger charge is -2.11. The quantitative estimate of drug-likeness (QED) is 0.918. The number of hydrogen-bond donors (Lipinski definition) is 1. The van der Waals surface area contributed by atoms with Crippen LogP contribution in [0.4, 0.5) is 4.39 Å². The van der Waals surface area contributed by atoms with Crippen LogP contribution in [0.1, 0.15) is 15.9 Å². The number of aryl methyl sites for hydroxylation is 1. The molecule has 2 aromatic rings. The van der Waals surface area contributed by atoms with E-state index in [1.165, 1.54) is 19.2 Å². The van der Waals surface area contributed by atoms with Crippen LogP contribution in [0.2, 0.25) is 0 Å². The maximum absolute atomic E-state index is 14.0. The van der Waals surface area contributed by atoms with Gasteiger partial charge in [0.2, 0.25) is 0 Å². The van der Waals surface area contributed by atoms with Crippen LogP contribution >= 0.6 is 0 Å². The Morgan fingerprint density at radius 3 is 2.53 bits per heavy atom. The summed E-state index contributed by atoms with van der Waals surface area (Å²) in [6, 6.07) is 9.36. The van der Waals surface area contributed by atoms with E-state index in [1.807, 2.05) is 0 Å². The zero-order chi connectivity index (χ0) is 14.0. The van der Waals surface area contributed by atoms with E-state index in [4.69, 9.17) is 4.74 Å². The lowest BCUT2D eigenvalue weighted by Crippen LogP contribution is -2.03. The van der Waals surface area contributed by atoms with Crippen LogP contribution in [0, 0.1) is 12.7 Å². The summed E-state index contributed by atoms with van der Waals surface area (Å²) in [5, 5.41) is 9.25. The van der Waals surface area contributed by atoms with Crippen molar-refractivity contribution in [3.8, 4) is 16.9 Å². The van der Waals surface area contributed by atoms with Crippen LogP contribution in [-0.2, 0) is 0 Å². The third-order valence-electron chi connectivity index (χ3n) is 2.95. The van der Waals surface area contributed by atoms with Crippen molar-refractivity contribution in [3.63, 3.8) is 0 Å². The topological polar surface area (TPSA) is 46.5 Å². The molecule has 0 saturated heterocycles. The molecule has 0 atom stereocenters. The Morgan fingerprint density at radius 1 is 1.21 bits per heavy atom. The molecule has 0 fully saturated rings. The second-order valence-electron chi connectivity index (χ2n) is 4.15. The second-order valence-corrected chi connectivity index (χ2v) is 4.15. The van der Waals surface area contributed by atoms with Crippen LogP contribution in [0.25, 0.3) is 11.1 Å². The molecule has 3 nitrogen and oxygen atoms in total. The average Bonchev–Trinajstić information content (AvgIpc) is 2.37. The summed E-state index contributed by atoms with van der Waals surface area (Å²) < 4.78 is 19.0. The number of ether oxygens (including phenoxy) is 1. The Hall–Kier alpha value is -2.36. The molecule has 1 N–H and O–H groups in total. The van der Waals surface area contributed by atoms with Gasteiger partial charge in [-0.1, -0.05) is 18.2 Å². The Kier molecular flexibility index (Phi) is 3.51. The predicted molar refractivity (Wildman–Crippen MR) is 70.1 cm³/mol. The second kappa shape index (κ2) is 5.10. The van der Waals surface area contributed by atoms with Crippen molar-refractivity contribution in [2.75, 3.05) is 7.11 Å². The Balaban J connectivity index is 2.65. The fraction of sp³-hybridized carbons (Fsp3) is 0.133. The first-order chi connectivity index (χ1) is 9.04. The lowest BCUT2D eigenvalue weighted by atomic mass is 9.95. The van der Waals surface area contributed by atoms with Gasteiger partial charge in [-0.05, 0) is 30.2 Å². The molecular formula is C15H13FO3. The smallest absolute Gasteiger partial charge is 0.336 e. The van der Waals surface area contributed by atoms with Gasteiger partial charge in [0.15, 0.2) is 0 Å². The molecule has 0 unspecified atom stereocenters. The van der Waals surface area contributed by atoms with Crippen LogP contribution in [-0.4, -0.2) is 18.2 Å². The first-order valence-electron chi connectivity index (χ1n) is 5.71. The normalized spacial score (nSPS) is 10.3. The van der Waals surface area contributed by atoms with E-state index < -0.39 is 11.8 Å². The molecule has 0 aromatic heterocycles. The molecule has 0 bridgehead atoms. The van der Waals surface area contributed by atoms with Gasteiger partial charge < -0.3 is 9.84 Å². The molecule has 0 heterocycles. The number of carboxylic acids is 1. The highest BCUT2D eigenvalue weighted by molar-refractivity contribution is 5.97. The summed E-state index contributed by atoms with van der Waals surface area (Å²) in [5.74, 6) is -1.18. The number of carbonyl (C=O) groups is 1. The van der Waals surface area contributed by atoms with E-state index >= 15 is 0 Å². The summed E-state index contributed by atoms with van der Waals surface area (Å²) >= 11 is 0. The zero-order valence-electron chi connectivity index (χ0n) is 10.6. The number of benzene rings is 2. The monoisotopic (exact) mass is 260 g/mol. The molecule has 0 aliphatic rings. The lowest BCUT2D eigenvalue weighted by molar-refractivity contribution is 0.0697. The first kappa shape index (κ1) is 13.1. The minimum atomic E-state index is -1.07.